The van der Waals surface area contributed by atoms with Crippen LogP contribution in [0.1, 0.15) is 5.56 Å². The summed E-state index contributed by atoms with van der Waals surface area (Å²) < 4.78 is 10.7. The Hall–Kier alpha value is -2.89. The summed E-state index contributed by atoms with van der Waals surface area (Å²) in [5, 5.41) is 0.937. The highest BCUT2D eigenvalue weighted by Gasteiger charge is 2.13. The minimum Gasteiger partial charge on any atom is -0.493 e. The Morgan fingerprint density at radius 1 is 1.00 bits per heavy atom. The number of anilines is 1. The first-order valence-corrected chi connectivity index (χ1v) is 7.69. The maximum atomic E-state index is 5.40. The molecule has 3 rings (SSSR count). The normalized spacial score (nSPS) is 10.6. The Morgan fingerprint density at radius 2 is 1.71 bits per heavy atom. The van der Waals surface area contributed by atoms with E-state index in [0.29, 0.717) is 11.5 Å². The maximum absolute atomic E-state index is 5.40. The number of likely N-dealkylation sites (N-methyl/N-ethyl adjacent to an activating group) is 1. The summed E-state index contributed by atoms with van der Waals surface area (Å²) in [6.45, 7) is 0.838. The lowest BCUT2D eigenvalue weighted by Gasteiger charge is -2.20. The quantitative estimate of drug-likeness (QED) is 0.695. The van der Waals surface area contributed by atoms with Crippen molar-refractivity contribution in [1.29, 1.82) is 0 Å². The molecule has 0 unspecified atom stereocenters. The zero-order valence-electron chi connectivity index (χ0n) is 14.1. The van der Waals surface area contributed by atoms with Crippen molar-refractivity contribution in [2.75, 3.05) is 32.7 Å². The van der Waals surface area contributed by atoms with Gasteiger partial charge in [-0.25, -0.2) is 9.97 Å². The van der Waals surface area contributed by atoms with Crippen molar-refractivity contribution < 1.29 is 9.47 Å². The van der Waals surface area contributed by atoms with Crippen LogP contribution in [0.5, 0.6) is 11.5 Å². The predicted molar refractivity (Wildman–Crippen MR) is 93.9 cm³/mol. The largest absolute Gasteiger partial charge is 0.493 e. The van der Waals surface area contributed by atoms with Crippen LogP contribution in [0.4, 0.5) is 5.82 Å². The molecule has 3 aromatic rings. The summed E-state index contributed by atoms with van der Waals surface area (Å²) in [5.74, 6) is 2.20. The number of benzene rings is 1. The van der Waals surface area contributed by atoms with Crippen molar-refractivity contribution in [2.24, 2.45) is 0 Å². The first-order chi connectivity index (χ1) is 11.7. The van der Waals surface area contributed by atoms with Crippen LogP contribution in [-0.2, 0) is 6.42 Å². The van der Waals surface area contributed by atoms with Crippen LogP contribution in [0.3, 0.4) is 0 Å². The molecule has 0 amide bonds. The van der Waals surface area contributed by atoms with Gasteiger partial charge >= 0.3 is 0 Å². The van der Waals surface area contributed by atoms with Crippen LogP contribution < -0.4 is 14.4 Å². The van der Waals surface area contributed by atoms with Crippen molar-refractivity contribution in [3.63, 3.8) is 0 Å². The van der Waals surface area contributed by atoms with Gasteiger partial charge in [0.1, 0.15) is 12.1 Å². The van der Waals surface area contributed by atoms with Crippen LogP contribution in [0.2, 0.25) is 0 Å². The molecule has 0 N–H and O–H groups in total. The first-order valence-electron chi connectivity index (χ1n) is 7.69. The second-order valence-electron chi connectivity index (χ2n) is 5.45. The lowest BCUT2D eigenvalue weighted by atomic mass is 10.1. The van der Waals surface area contributed by atoms with Gasteiger partial charge in [0.2, 0.25) is 0 Å². The van der Waals surface area contributed by atoms with Gasteiger partial charge in [0, 0.05) is 37.4 Å². The average Bonchev–Trinajstić information content (AvgIpc) is 2.65. The van der Waals surface area contributed by atoms with E-state index in [1.54, 1.807) is 20.5 Å². The highest BCUT2D eigenvalue weighted by atomic mass is 16.5. The Balaban J connectivity index is 1.90. The van der Waals surface area contributed by atoms with E-state index in [-0.39, 0.29) is 0 Å². The third-order valence-electron chi connectivity index (χ3n) is 3.97. The smallest absolute Gasteiger partial charge is 0.162 e. The predicted octanol–water partition coefficient (Wildman–Crippen LogP) is 2.72. The lowest BCUT2D eigenvalue weighted by molar-refractivity contribution is 0.356. The molecular formula is C18H20N4O2. The van der Waals surface area contributed by atoms with E-state index in [1.165, 1.54) is 5.56 Å². The van der Waals surface area contributed by atoms with E-state index in [9.17, 15) is 0 Å². The van der Waals surface area contributed by atoms with Crippen LogP contribution >= 0.6 is 0 Å². The summed E-state index contributed by atoms with van der Waals surface area (Å²) >= 11 is 0. The molecule has 0 atom stereocenters. The van der Waals surface area contributed by atoms with Gasteiger partial charge in [-0.1, -0.05) is 0 Å². The van der Waals surface area contributed by atoms with Gasteiger partial charge in [-0.05, 0) is 30.2 Å². The highest BCUT2D eigenvalue weighted by Crippen LogP contribution is 2.34. The van der Waals surface area contributed by atoms with Crippen LogP contribution in [-0.4, -0.2) is 42.8 Å². The highest BCUT2D eigenvalue weighted by molar-refractivity contribution is 5.91. The van der Waals surface area contributed by atoms with Gasteiger partial charge in [-0.15, -0.1) is 0 Å². The molecule has 0 fully saturated rings. The van der Waals surface area contributed by atoms with E-state index < -0.39 is 0 Å². The second kappa shape index (κ2) is 7.12. The Morgan fingerprint density at radius 3 is 2.42 bits per heavy atom. The minimum atomic E-state index is 0.661. The molecule has 124 valence electrons. The van der Waals surface area contributed by atoms with Gasteiger partial charge in [0.15, 0.2) is 11.5 Å². The van der Waals surface area contributed by atoms with Crippen molar-refractivity contribution in [3.05, 3.63) is 48.5 Å². The number of aromatic nitrogens is 3. The number of fused-ring (bicyclic) bond motifs is 1. The topological polar surface area (TPSA) is 60.4 Å². The van der Waals surface area contributed by atoms with E-state index >= 15 is 0 Å². The molecule has 0 aliphatic carbocycles. The third-order valence-corrected chi connectivity index (χ3v) is 3.97. The molecule has 0 bridgehead atoms. The van der Waals surface area contributed by atoms with Gasteiger partial charge in [0.25, 0.3) is 0 Å². The van der Waals surface area contributed by atoms with Crippen molar-refractivity contribution >= 4 is 16.7 Å². The molecule has 0 aliphatic heterocycles. The van der Waals surface area contributed by atoms with E-state index in [2.05, 4.69) is 19.9 Å². The molecule has 1 aromatic carbocycles. The average molecular weight is 324 g/mol. The fraction of sp³-hybridized carbons (Fsp3) is 0.278. The molecule has 0 spiro atoms. The molecule has 2 aromatic heterocycles. The third kappa shape index (κ3) is 3.22. The summed E-state index contributed by atoms with van der Waals surface area (Å²) in [5.41, 5.74) is 2.07. The summed E-state index contributed by atoms with van der Waals surface area (Å²) in [4.78, 5) is 15.0. The SMILES string of the molecule is COc1cc2ncnc(N(C)CCc3ccncc3)c2cc1OC. The molecule has 0 saturated heterocycles. The maximum Gasteiger partial charge on any atom is 0.162 e. The Labute approximate surface area is 141 Å². The van der Waals surface area contributed by atoms with Gasteiger partial charge in [0.05, 0.1) is 19.7 Å². The van der Waals surface area contributed by atoms with Gasteiger partial charge in [-0.3, -0.25) is 4.98 Å². The summed E-state index contributed by atoms with van der Waals surface area (Å²) in [7, 11) is 5.27. The Bertz CT molecular complexity index is 824. The van der Waals surface area contributed by atoms with E-state index in [0.717, 1.165) is 29.7 Å². The molecule has 24 heavy (non-hydrogen) atoms. The number of rotatable bonds is 6. The standard InChI is InChI=1S/C18H20N4O2/c1-22(9-6-13-4-7-19-8-5-13)18-14-10-16(23-2)17(24-3)11-15(14)20-12-21-18/h4-5,7-8,10-12H,6,9H2,1-3H3. The van der Waals surface area contributed by atoms with Gasteiger partial charge < -0.3 is 14.4 Å². The number of hydrogen-bond acceptors (Lipinski definition) is 6. The van der Waals surface area contributed by atoms with Crippen molar-refractivity contribution in [1.82, 2.24) is 15.0 Å². The molecule has 0 radical (unpaired) electrons. The summed E-state index contributed by atoms with van der Waals surface area (Å²) in [6.07, 6.45) is 6.11. The van der Waals surface area contributed by atoms with Crippen LogP contribution in [0, 0.1) is 0 Å². The monoisotopic (exact) mass is 324 g/mol. The van der Waals surface area contributed by atoms with Crippen LogP contribution in [0.25, 0.3) is 10.9 Å². The number of ether oxygens (including phenoxy) is 2. The number of pyridine rings is 1. The van der Waals surface area contributed by atoms with Crippen molar-refractivity contribution in [2.45, 2.75) is 6.42 Å². The zero-order chi connectivity index (χ0) is 16.9. The first kappa shape index (κ1) is 16.0. The molecule has 2 heterocycles. The number of nitrogens with zero attached hydrogens (tertiary/aromatic N) is 4. The molecule has 0 aliphatic rings. The Kier molecular flexibility index (Phi) is 4.74. The molecule has 6 nitrogen and oxygen atoms in total. The minimum absolute atomic E-state index is 0.661. The molecular weight excluding hydrogens is 304 g/mol. The van der Waals surface area contributed by atoms with Crippen LogP contribution in [0.15, 0.2) is 43.0 Å². The summed E-state index contributed by atoms with van der Waals surface area (Å²) in [6, 6.07) is 7.85. The lowest BCUT2D eigenvalue weighted by Crippen LogP contribution is -2.21. The molecule has 6 heteroatoms. The molecule has 0 saturated carbocycles. The number of methoxy groups -OCH3 is 2. The zero-order valence-corrected chi connectivity index (χ0v) is 14.1. The fourth-order valence-electron chi connectivity index (χ4n) is 2.63. The number of hydrogen-bond donors (Lipinski definition) is 0. The van der Waals surface area contributed by atoms with E-state index in [4.69, 9.17) is 9.47 Å². The fourth-order valence-corrected chi connectivity index (χ4v) is 2.63. The van der Waals surface area contributed by atoms with E-state index in [1.807, 2.05) is 43.7 Å². The van der Waals surface area contributed by atoms with Crippen molar-refractivity contribution in [3.8, 4) is 11.5 Å². The van der Waals surface area contributed by atoms with Gasteiger partial charge in [-0.2, -0.15) is 0 Å². The second-order valence-corrected chi connectivity index (χ2v) is 5.45.